The van der Waals surface area contributed by atoms with Crippen molar-refractivity contribution in [2.75, 3.05) is 7.11 Å². The molecule has 0 saturated carbocycles. The first-order valence-electron chi connectivity index (χ1n) is 5.45. The Bertz CT molecular complexity index is 512. The molecule has 0 spiro atoms. The second kappa shape index (κ2) is 3.78. The Morgan fingerprint density at radius 1 is 1.19 bits per heavy atom. The topological polar surface area (TPSA) is 22.1 Å². The molecular weight excluding hydrogens is 198 g/mol. The maximum Gasteiger partial charge on any atom is 0.145 e. The van der Waals surface area contributed by atoms with Crippen molar-refractivity contribution in [3.8, 4) is 5.75 Å². The van der Waals surface area contributed by atoms with Crippen LogP contribution in [0.3, 0.4) is 0 Å². The summed E-state index contributed by atoms with van der Waals surface area (Å²) in [6, 6.07) is 8.19. The first kappa shape index (κ1) is 10.9. The lowest BCUT2D eigenvalue weighted by Crippen LogP contribution is -2.11. The quantitative estimate of drug-likeness (QED) is 0.726. The minimum absolute atomic E-state index is 0.129. The normalized spacial score (nSPS) is 11.8. The lowest BCUT2D eigenvalue weighted by Gasteiger charge is -2.19. The molecule has 1 heterocycles. The Morgan fingerprint density at radius 3 is 2.56 bits per heavy atom. The number of rotatable bonds is 1. The van der Waals surface area contributed by atoms with Crippen molar-refractivity contribution in [2.24, 2.45) is 0 Å². The van der Waals surface area contributed by atoms with E-state index in [1.165, 1.54) is 5.56 Å². The van der Waals surface area contributed by atoms with Crippen LogP contribution in [-0.4, -0.2) is 12.1 Å². The first-order chi connectivity index (χ1) is 7.52. The van der Waals surface area contributed by atoms with Crippen molar-refractivity contribution in [3.63, 3.8) is 0 Å². The SMILES string of the molecule is COc1cccc2cc(C(C)(C)C)cnc12. The van der Waals surface area contributed by atoms with E-state index in [2.05, 4.69) is 37.9 Å². The highest BCUT2D eigenvalue weighted by molar-refractivity contribution is 5.84. The average Bonchev–Trinajstić information content (AvgIpc) is 2.26. The van der Waals surface area contributed by atoms with E-state index in [-0.39, 0.29) is 5.41 Å². The third-order valence-electron chi connectivity index (χ3n) is 2.76. The molecule has 0 aliphatic carbocycles. The number of fused-ring (bicyclic) bond motifs is 1. The number of aromatic nitrogens is 1. The summed E-state index contributed by atoms with van der Waals surface area (Å²) in [6.07, 6.45) is 1.94. The van der Waals surface area contributed by atoms with Crippen molar-refractivity contribution < 1.29 is 4.74 Å². The van der Waals surface area contributed by atoms with E-state index in [4.69, 9.17) is 4.74 Å². The summed E-state index contributed by atoms with van der Waals surface area (Å²) < 4.78 is 5.29. The average molecular weight is 215 g/mol. The number of methoxy groups -OCH3 is 1. The zero-order chi connectivity index (χ0) is 11.8. The van der Waals surface area contributed by atoms with Gasteiger partial charge in [0.1, 0.15) is 11.3 Å². The van der Waals surface area contributed by atoms with Crippen molar-refractivity contribution in [1.29, 1.82) is 0 Å². The predicted molar refractivity (Wildman–Crippen MR) is 67.0 cm³/mol. The molecule has 2 nitrogen and oxygen atoms in total. The molecule has 1 aromatic carbocycles. The summed E-state index contributed by atoms with van der Waals surface area (Å²) in [5.74, 6) is 0.831. The molecule has 84 valence electrons. The molecule has 0 saturated heterocycles. The molecule has 2 aromatic rings. The Hall–Kier alpha value is -1.57. The second-order valence-electron chi connectivity index (χ2n) is 5.01. The maximum atomic E-state index is 5.29. The Morgan fingerprint density at radius 2 is 1.94 bits per heavy atom. The van der Waals surface area contributed by atoms with Gasteiger partial charge in [-0.25, -0.2) is 0 Å². The predicted octanol–water partition coefficient (Wildman–Crippen LogP) is 3.54. The smallest absolute Gasteiger partial charge is 0.145 e. The molecular formula is C14H17NO. The van der Waals surface area contributed by atoms with Gasteiger partial charge in [0.25, 0.3) is 0 Å². The van der Waals surface area contributed by atoms with E-state index in [1.807, 2.05) is 18.3 Å². The highest BCUT2D eigenvalue weighted by atomic mass is 16.5. The summed E-state index contributed by atoms with van der Waals surface area (Å²) in [4.78, 5) is 4.49. The summed E-state index contributed by atoms with van der Waals surface area (Å²) in [5, 5.41) is 1.13. The van der Waals surface area contributed by atoms with Crippen LogP contribution >= 0.6 is 0 Å². The largest absolute Gasteiger partial charge is 0.494 e. The standard InChI is InChI=1S/C14H17NO/c1-14(2,3)11-8-10-6-5-7-12(16-4)13(10)15-9-11/h5-9H,1-4H3. The number of pyridine rings is 1. The van der Waals surface area contributed by atoms with E-state index in [0.717, 1.165) is 16.7 Å². The fraction of sp³-hybridized carbons (Fsp3) is 0.357. The molecule has 0 aliphatic heterocycles. The number of hydrogen-bond acceptors (Lipinski definition) is 2. The van der Waals surface area contributed by atoms with Gasteiger partial charge in [-0.2, -0.15) is 0 Å². The molecule has 0 bridgehead atoms. The molecule has 0 atom stereocenters. The van der Waals surface area contributed by atoms with Gasteiger partial charge in [0.2, 0.25) is 0 Å². The van der Waals surface area contributed by atoms with E-state index in [0.29, 0.717) is 0 Å². The van der Waals surface area contributed by atoms with Gasteiger partial charge in [0.15, 0.2) is 0 Å². The van der Waals surface area contributed by atoms with Gasteiger partial charge < -0.3 is 4.74 Å². The van der Waals surface area contributed by atoms with Crippen LogP contribution in [0.1, 0.15) is 26.3 Å². The van der Waals surface area contributed by atoms with Gasteiger partial charge in [0, 0.05) is 11.6 Å². The molecule has 1 aromatic heterocycles. The van der Waals surface area contributed by atoms with Crippen LogP contribution in [0, 0.1) is 0 Å². The number of para-hydroxylation sites is 1. The van der Waals surface area contributed by atoms with Gasteiger partial charge in [-0.3, -0.25) is 4.98 Å². The molecule has 0 radical (unpaired) electrons. The summed E-state index contributed by atoms with van der Waals surface area (Å²) in [6.45, 7) is 6.57. The third-order valence-corrected chi connectivity index (χ3v) is 2.76. The van der Waals surface area contributed by atoms with Crippen LogP contribution in [0.5, 0.6) is 5.75 Å². The maximum absolute atomic E-state index is 5.29. The molecule has 0 fully saturated rings. The lowest BCUT2D eigenvalue weighted by atomic mass is 9.87. The number of nitrogens with zero attached hydrogens (tertiary/aromatic N) is 1. The molecule has 2 rings (SSSR count). The van der Waals surface area contributed by atoms with Crippen LogP contribution in [0.25, 0.3) is 10.9 Å². The van der Waals surface area contributed by atoms with Gasteiger partial charge in [0.05, 0.1) is 7.11 Å². The molecule has 16 heavy (non-hydrogen) atoms. The van der Waals surface area contributed by atoms with Crippen molar-refractivity contribution in [3.05, 3.63) is 36.0 Å². The van der Waals surface area contributed by atoms with E-state index >= 15 is 0 Å². The summed E-state index contributed by atoms with van der Waals surface area (Å²) in [5.41, 5.74) is 2.30. The summed E-state index contributed by atoms with van der Waals surface area (Å²) >= 11 is 0. The van der Waals surface area contributed by atoms with Crippen LogP contribution < -0.4 is 4.74 Å². The molecule has 0 aliphatic rings. The fourth-order valence-electron chi connectivity index (χ4n) is 1.71. The Labute approximate surface area is 96.3 Å². The minimum atomic E-state index is 0.129. The fourth-order valence-corrected chi connectivity index (χ4v) is 1.71. The lowest BCUT2D eigenvalue weighted by molar-refractivity contribution is 0.419. The highest BCUT2D eigenvalue weighted by Gasteiger charge is 2.15. The summed E-state index contributed by atoms with van der Waals surface area (Å²) in [7, 11) is 1.67. The number of ether oxygens (including phenoxy) is 1. The van der Waals surface area contributed by atoms with Gasteiger partial charge in [-0.05, 0) is 23.1 Å². The van der Waals surface area contributed by atoms with Crippen molar-refractivity contribution in [1.82, 2.24) is 4.98 Å². The molecule has 0 amide bonds. The van der Waals surface area contributed by atoms with Crippen LogP contribution in [0.2, 0.25) is 0 Å². The van der Waals surface area contributed by atoms with E-state index in [1.54, 1.807) is 7.11 Å². The van der Waals surface area contributed by atoms with Crippen LogP contribution in [0.4, 0.5) is 0 Å². The van der Waals surface area contributed by atoms with Gasteiger partial charge in [-0.1, -0.05) is 32.9 Å². The molecule has 0 unspecified atom stereocenters. The zero-order valence-electron chi connectivity index (χ0n) is 10.2. The monoisotopic (exact) mass is 215 g/mol. The molecule has 0 N–H and O–H groups in total. The minimum Gasteiger partial charge on any atom is -0.494 e. The first-order valence-corrected chi connectivity index (χ1v) is 5.45. The van der Waals surface area contributed by atoms with Crippen molar-refractivity contribution in [2.45, 2.75) is 26.2 Å². The van der Waals surface area contributed by atoms with Crippen LogP contribution in [0.15, 0.2) is 30.5 Å². The molecule has 2 heteroatoms. The van der Waals surface area contributed by atoms with E-state index in [9.17, 15) is 0 Å². The highest BCUT2D eigenvalue weighted by Crippen LogP contribution is 2.28. The van der Waals surface area contributed by atoms with Crippen LogP contribution in [-0.2, 0) is 5.41 Å². The van der Waals surface area contributed by atoms with Crippen molar-refractivity contribution >= 4 is 10.9 Å². The van der Waals surface area contributed by atoms with Gasteiger partial charge >= 0.3 is 0 Å². The second-order valence-corrected chi connectivity index (χ2v) is 5.01. The zero-order valence-corrected chi connectivity index (χ0v) is 10.2. The Kier molecular flexibility index (Phi) is 2.58. The Balaban J connectivity index is 2.64. The third kappa shape index (κ3) is 1.87. The van der Waals surface area contributed by atoms with Gasteiger partial charge in [-0.15, -0.1) is 0 Å². The number of benzene rings is 1. The van der Waals surface area contributed by atoms with E-state index < -0.39 is 0 Å². The number of hydrogen-bond donors (Lipinski definition) is 0.